The fourth-order valence-electron chi connectivity index (χ4n) is 2.07. The second-order valence-electron chi connectivity index (χ2n) is 4.69. The highest BCUT2D eigenvalue weighted by Crippen LogP contribution is 2.17. The van der Waals surface area contributed by atoms with Gasteiger partial charge >= 0.3 is 0 Å². The number of para-hydroxylation sites is 1. The van der Waals surface area contributed by atoms with Gasteiger partial charge in [-0.2, -0.15) is 0 Å². The summed E-state index contributed by atoms with van der Waals surface area (Å²) in [5, 5.41) is 4.90. The zero-order valence-corrected chi connectivity index (χ0v) is 11.7. The number of rotatable bonds is 5. The first kappa shape index (κ1) is 13.3. The quantitative estimate of drug-likeness (QED) is 0.657. The molecule has 2 aromatic rings. The maximum absolute atomic E-state index is 5.93. The van der Waals surface area contributed by atoms with Crippen molar-refractivity contribution in [3.63, 3.8) is 0 Å². The molecule has 0 amide bonds. The molecule has 0 spiro atoms. The van der Waals surface area contributed by atoms with E-state index in [1.54, 1.807) is 0 Å². The van der Waals surface area contributed by atoms with Crippen LogP contribution in [0.25, 0.3) is 10.9 Å². The molecule has 3 heteroatoms. The second-order valence-corrected chi connectivity index (χ2v) is 5.43. The molecular formula is C15H19ClN2. The van der Waals surface area contributed by atoms with Gasteiger partial charge in [-0.05, 0) is 44.5 Å². The van der Waals surface area contributed by atoms with E-state index in [0.29, 0.717) is 0 Å². The lowest BCUT2D eigenvalue weighted by Gasteiger charge is -2.09. The fraction of sp³-hybridized carbons (Fsp3) is 0.400. The topological polar surface area (TPSA) is 24.9 Å². The number of benzene rings is 1. The number of aromatic nitrogens is 1. The van der Waals surface area contributed by atoms with E-state index in [1.807, 2.05) is 19.9 Å². The van der Waals surface area contributed by atoms with Crippen molar-refractivity contribution in [1.82, 2.24) is 10.3 Å². The molecule has 1 atom stereocenters. The van der Waals surface area contributed by atoms with Crippen LogP contribution in [0.1, 0.15) is 24.6 Å². The molecule has 1 aromatic carbocycles. The van der Waals surface area contributed by atoms with Crippen molar-refractivity contribution in [1.29, 1.82) is 0 Å². The maximum Gasteiger partial charge on any atom is 0.0708 e. The van der Waals surface area contributed by atoms with Crippen LogP contribution in [0.5, 0.6) is 0 Å². The zero-order valence-electron chi connectivity index (χ0n) is 10.9. The predicted molar refractivity (Wildman–Crippen MR) is 78.1 cm³/mol. The molecule has 1 unspecified atom stereocenters. The van der Waals surface area contributed by atoms with Gasteiger partial charge in [0, 0.05) is 23.0 Å². The van der Waals surface area contributed by atoms with Crippen LogP contribution in [0.2, 0.25) is 0 Å². The van der Waals surface area contributed by atoms with Crippen LogP contribution in [-0.2, 0) is 6.54 Å². The van der Waals surface area contributed by atoms with Gasteiger partial charge in [-0.15, -0.1) is 11.6 Å². The fourth-order valence-corrected chi connectivity index (χ4v) is 2.17. The monoisotopic (exact) mass is 262 g/mol. The molecular weight excluding hydrogens is 244 g/mol. The van der Waals surface area contributed by atoms with Crippen LogP contribution in [0.4, 0.5) is 0 Å². The van der Waals surface area contributed by atoms with Crippen LogP contribution in [0.15, 0.2) is 30.3 Å². The van der Waals surface area contributed by atoms with Crippen molar-refractivity contribution in [2.75, 3.05) is 6.54 Å². The van der Waals surface area contributed by atoms with Gasteiger partial charge in [-0.1, -0.05) is 18.2 Å². The molecule has 96 valence electrons. The minimum Gasteiger partial charge on any atom is -0.313 e. The minimum atomic E-state index is 0.230. The summed E-state index contributed by atoms with van der Waals surface area (Å²) in [4.78, 5) is 4.54. The number of halogens is 1. The summed E-state index contributed by atoms with van der Waals surface area (Å²) in [6.07, 6.45) is 0.990. The van der Waals surface area contributed by atoms with E-state index >= 15 is 0 Å². The molecule has 1 N–H and O–H groups in total. The van der Waals surface area contributed by atoms with Gasteiger partial charge in [0.2, 0.25) is 0 Å². The average molecular weight is 263 g/mol. The van der Waals surface area contributed by atoms with Crippen molar-refractivity contribution in [3.05, 3.63) is 41.6 Å². The van der Waals surface area contributed by atoms with Crippen LogP contribution in [0, 0.1) is 6.92 Å². The number of nitrogens with zero attached hydrogens (tertiary/aromatic N) is 1. The molecule has 0 aliphatic heterocycles. The first-order chi connectivity index (χ1) is 8.66. The van der Waals surface area contributed by atoms with Gasteiger partial charge in [0.1, 0.15) is 0 Å². The Bertz CT molecular complexity index is 523. The van der Waals surface area contributed by atoms with E-state index in [4.69, 9.17) is 11.6 Å². The molecule has 0 radical (unpaired) electrons. The standard InChI is InChI=1S/C15H19ClN2/c1-11(16)7-8-17-10-13-9-12(2)18-15-6-4-3-5-14(13)15/h3-6,9,11,17H,7-8,10H2,1-2H3. The molecule has 18 heavy (non-hydrogen) atoms. The molecule has 0 saturated carbocycles. The summed E-state index contributed by atoms with van der Waals surface area (Å²) in [5.74, 6) is 0. The molecule has 2 rings (SSSR count). The Morgan fingerprint density at radius 1 is 1.33 bits per heavy atom. The van der Waals surface area contributed by atoms with E-state index in [0.717, 1.165) is 30.7 Å². The molecule has 0 fully saturated rings. The number of alkyl halides is 1. The Morgan fingerprint density at radius 3 is 2.89 bits per heavy atom. The number of pyridine rings is 1. The highest BCUT2D eigenvalue weighted by atomic mass is 35.5. The molecule has 0 aliphatic carbocycles. The van der Waals surface area contributed by atoms with Gasteiger partial charge in [-0.3, -0.25) is 4.98 Å². The minimum absolute atomic E-state index is 0.230. The van der Waals surface area contributed by atoms with Crippen LogP contribution >= 0.6 is 11.6 Å². The van der Waals surface area contributed by atoms with E-state index < -0.39 is 0 Å². The van der Waals surface area contributed by atoms with Gasteiger partial charge in [-0.25, -0.2) is 0 Å². The molecule has 0 bridgehead atoms. The van der Waals surface area contributed by atoms with Crippen molar-refractivity contribution in [3.8, 4) is 0 Å². The van der Waals surface area contributed by atoms with E-state index in [-0.39, 0.29) is 5.38 Å². The molecule has 0 aliphatic rings. The Labute approximate surface area is 113 Å². The van der Waals surface area contributed by atoms with Crippen molar-refractivity contribution >= 4 is 22.5 Å². The van der Waals surface area contributed by atoms with Crippen LogP contribution in [-0.4, -0.2) is 16.9 Å². The van der Waals surface area contributed by atoms with Crippen molar-refractivity contribution in [2.45, 2.75) is 32.2 Å². The number of fused-ring (bicyclic) bond motifs is 1. The Kier molecular flexibility index (Phi) is 4.56. The van der Waals surface area contributed by atoms with Crippen molar-refractivity contribution in [2.24, 2.45) is 0 Å². The number of nitrogens with one attached hydrogen (secondary N) is 1. The summed E-state index contributed by atoms with van der Waals surface area (Å²) in [5.41, 5.74) is 3.44. The third-order valence-electron chi connectivity index (χ3n) is 2.96. The highest BCUT2D eigenvalue weighted by molar-refractivity contribution is 6.20. The Morgan fingerprint density at radius 2 is 2.11 bits per heavy atom. The van der Waals surface area contributed by atoms with E-state index in [2.05, 4.69) is 34.6 Å². The molecule has 2 nitrogen and oxygen atoms in total. The van der Waals surface area contributed by atoms with Gasteiger partial charge < -0.3 is 5.32 Å². The summed E-state index contributed by atoms with van der Waals surface area (Å²) in [6.45, 7) is 5.87. The third kappa shape index (κ3) is 3.44. The predicted octanol–water partition coefficient (Wildman–Crippen LogP) is 3.65. The first-order valence-electron chi connectivity index (χ1n) is 6.37. The average Bonchev–Trinajstić information content (AvgIpc) is 2.34. The SMILES string of the molecule is Cc1cc(CNCCC(C)Cl)c2ccccc2n1. The van der Waals surface area contributed by atoms with Gasteiger partial charge in [0.25, 0.3) is 0 Å². The first-order valence-corrected chi connectivity index (χ1v) is 6.80. The molecule has 1 heterocycles. The lowest BCUT2D eigenvalue weighted by molar-refractivity contribution is 0.646. The maximum atomic E-state index is 5.93. The Hall–Kier alpha value is -1.12. The van der Waals surface area contributed by atoms with Gasteiger partial charge in [0.05, 0.1) is 5.52 Å². The van der Waals surface area contributed by atoms with Crippen LogP contribution in [0.3, 0.4) is 0 Å². The normalized spacial score (nSPS) is 12.8. The number of aryl methyl sites for hydroxylation is 1. The highest BCUT2D eigenvalue weighted by Gasteiger charge is 2.03. The number of hydrogen-bond donors (Lipinski definition) is 1. The summed E-state index contributed by atoms with van der Waals surface area (Å²) in [6, 6.07) is 10.4. The van der Waals surface area contributed by atoms with E-state index in [1.165, 1.54) is 10.9 Å². The molecule has 0 saturated heterocycles. The summed E-state index contributed by atoms with van der Waals surface area (Å²) >= 11 is 5.93. The summed E-state index contributed by atoms with van der Waals surface area (Å²) < 4.78 is 0. The third-order valence-corrected chi connectivity index (χ3v) is 3.18. The largest absolute Gasteiger partial charge is 0.313 e. The second kappa shape index (κ2) is 6.17. The molecule has 1 aromatic heterocycles. The zero-order chi connectivity index (χ0) is 13.0. The number of hydrogen-bond acceptors (Lipinski definition) is 2. The summed E-state index contributed by atoms with van der Waals surface area (Å²) in [7, 11) is 0. The smallest absolute Gasteiger partial charge is 0.0708 e. The lowest BCUT2D eigenvalue weighted by atomic mass is 10.1. The van der Waals surface area contributed by atoms with Gasteiger partial charge in [0.15, 0.2) is 0 Å². The van der Waals surface area contributed by atoms with Crippen LogP contribution < -0.4 is 5.32 Å². The van der Waals surface area contributed by atoms with Crippen molar-refractivity contribution < 1.29 is 0 Å². The Balaban J connectivity index is 2.12. The lowest BCUT2D eigenvalue weighted by Crippen LogP contribution is -2.17. The van der Waals surface area contributed by atoms with E-state index in [9.17, 15) is 0 Å².